The van der Waals surface area contributed by atoms with Crippen LogP contribution < -0.4 is 10.2 Å². The fourth-order valence-electron chi connectivity index (χ4n) is 8.96. The van der Waals surface area contributed by atoms with E-state index in [2.05, 4.69) is 20.2 Å². The molecule has 6 atom stereocenters. The molecular formula is C41H36N6O5. The number of hydrogen-bond donors (Lipinski definition) is 2. The van der Waals surface area contributed by atoms with Crippen LogP contribution in [0.2, 0.25) is 0 Å². The molecule has 3 fully saturated rings. The third-order valence-electron chi connectivity index (χ3n) is 11.1. The zero-order chi connectivity index (χ0) is 35.4. The first-order valence-electron chi connectivity index (χ1n) is 17.6. The first-order valence-corrected chi connectivity index (χ1v) is 17.6. The van der Waals surface area contributed by atoms with Crippen molar-refractivity contribution >= 4 is 29.4 Å². The van der Waals surface area contributed by atoms with Crippen molar-refractivity contribution in [1.82, 2.24) is 19.8 Å². The quantitative estimate of drug-likeness (QED) is 0.250. The number of aromatic nitrogens is 2. The minimum absolute atomic E-state index is 0.0661. The molecule has 1 aromatic heterocycles. The van der Waals surface area contributed by atoms with Gasteiger partial charge in [0.05, 0.1) is 18.0 Å². The second kappa shape index (κ2) is 12.6. The van der Waals surface area contributed by atoms with Crippen molar-refractivity contribution in [3.63, 3.8) is 0 Å². The van der Waals surface area contributed by atoms with Crippen LogP contribution in [0.25, 0.3) is 0 Å². The summed E-state index contributed by atoms with van der Waals surface area (Å²) in [5.41, 5.74) is 2.09. The van der Waals surface area contributed by atoms with Crippen molar-refractivity contribution in [2.24, 2.45) is 5.92 Å². The summed E-state index contributed by atoms with van der Waals surface area (Å²) in [6, 6.07) is 32.9. The van der Waals surface area contributed by atoms with Crippen molar-refractivity contribution in [2.45, 2.75) is 29.6 Å². The summed E-state index contributed by atoms with van der Waals surface area (Å²) in [7, 11) is 0. The van der Waals surface area contributed by atoms with E-state index in [1.807, 2.05) is 89.8 Å². The molecule has 2 N–H and O–H groups in total. The summed E-state index contributed by atoms with van der Waals surface area (Å²) in [4.78, 5) is 60.0. The molecule has 5 heterocycles. The molecule has 0 bridgehead atoms. The molecule has 4 aromatic carbocycles. The summed E-state index contributed by atoms with van der Waals surface area (Å²) in [6.07, 6.45) is 2.64. The number of benzene rings is 4. The van der Waals surface area contributed by atoms with E-state index in [4.69, 9.17) is 4.74 Å². The van der Waals surface area contributed by atoms with Crippen LogP contribution in [0.15, 0.2) is 128 Å². The van der Waals surface area contributed by atoms with Crippen LogP contribution in [0.1, 0.15) is 40.4 Å². The fraction of sp³-hybridized carbons (Fsp3) is 0.244. The Morgan fingerprint density at radius 2 is 1.37 bits per heavy atom. The molecule has 0 radical (unpaired) electrons. The molecule has 0 saturated carbocycles. The van der Waals surface area contributed by atoms with E-state index in [1.165, 1.54) is 0 Å². The summed E-state index contributed by atoms with van der Waals surface area (Å²) in [5, 5.41) is 13.6. The van der Waals surface area contributed by atoms with Crippen LogP contribution in [0.5, 0.6) is 5.75 Å². The third kappa shape index (κ3) is 4.87. The van der Waals surface area contributed by atoms with Crippen LogP contribution in [0.3, 0.4) is 0 Å². The SMILES string of the molecule is O=C1OC(c2ccccc2)C(c2ccccc2)N2C1C(C(=O)N1CCN(c3ncccn3)CC1)C1(C(=O)Nc3ccccc31)C2c1ccc(O)cc1. The summed E-state index contributed by atoms with van der Waals surface area (Å²) >= 11 is 0. The number of nitrogens with zero attached hydrogens (tertiary/aromatic N) is 5. The lowest BCUT2D eigenvalue weighted by Crippen LogP contribution is -2.58. The largest absolute Gasteiger partial charge is 0.508 e. The number of carbonyl (C=O) groups is 3. The van der Waals surface area contributed by atoms with Gasteiger partial charge in [0.2, 0.25) is 17.8 Å². The smallest absolute Gasteiger partial charge is 0.324 e. The van der Waals surface area contributed by atoms with E-state index in [9.17, 15) is 9.90 Å². The molecule has 2 amide bonds. The molecule has 4 aliphatic rings. The van der Waals surface area contributed by atoms with Crippen LogP contribution in [-0.2, 0) is 24.5 Å². The van der Waals surface area contributed by atoms with Gasteiger partial charge in [0.15, 0.2) is 0 Å². The number of anilines is 2. The lowest BCUT2D eigenvalue weighted by Gasteiger charge is -2.46. The number of cyclic esters (lactones) is 1. The van der Waals surface area contributed by atoms with Gasteiger partial charge < -0.3 is 25.0 Å². The number of carbonyl (C=O) groups excluding carboxylic acids is 3. The summed E-state index contributed by atoms with van der Waals surface area (Å²) in [6.45, 7) is 1.68. The maximum atomic E-state index is 15.4. The Balaban J connectivity index is 1.25. The molecule has 11 heteroatoms. The number of nitrogens with one attached hydrogen (secondary N) is 1. The second-order valence-electron chi connectivity index (χ2n) is 13.7. The van der Waals surface area contributed by atoms with Gasteiger partial charge in [-0.1, -0.05) is 91.0 Å². The van der Waals surface area contributed by atoms with Crippen LogP contribution in [0.4, 0.5) is 11.6 Å². The minimum Gasteiger partial charge on any atom is -0.508 e. The number of morpholine rings is 1. The van der Waals surface area contributed by atoms with Crippen LogP contribution in [0, 0.1) is 5.92 Å². The van der Waals surface area contributed by atoms with E-state index in [0.29, 0.717) is 48.9 Å². The first kappa shape index (κ1) is 31.9. The number of amides is 2. The Kier molecular flexibility index (Phi) is 7.73. The molecule has 3 saturated heterocycles. The average Bonchev–Trinajstić information content (AvgIpc) is 3.67. The van der Waals surface area contributed by atoms with Crippen molar-refractivity contribution in [1.29, 1.82) is 0 Å². The average molecular weight is 693 g/mol. The highest BCUT2D eigenvalue weighted by Crippen LogP contribution is 2.65. The maximum Gasteiger partial charge on any atom is 0.324 e. The Morgan fingerprint density at radius 3 is 2.06 bits per heavy atom. The molecule has 4 aliphatic heterocycles. The molecule has 6 unspecified atom stereocenters. The van der Waals surface area contributed by atoms with Gasteiger partial charge in [0.25, 0.3) is 0 Å². The van der Waals surface area contributed by atoms with Crippen molar-refractivity contribution < 1.29 is 24.2 Å². The summed E-state index contributed by atoms with van der Waals surface area (Å²) < 4.78 is 6.48. The Bertz CT molecular complexity index is 2130. The van der Waals surface area contributed by atoms with E-state index < -0.39 is 41.5 Å². The number of piperazine rings is 1. The van der Waals surface area contributed by atoms with E-state index in [0.717, 1.165) is 11.1 Å². The van der Waals surface area contributed by atoms with E-state index in [1.54, 1.807) is 47.6 Å². The number of fused-ring (bicyclic) bond motifs is 3. The standard InChI is InChI=1S/C41H36N6O5/c48-29-18-16-28(17-19-29)36-41(30-14-7-8-15-31(30)44-39(41)51)32(37(49)45-22-24-46(25-23-45)40-42-20-9-21-43-40)34-38(50)52-35(27-12-5-2-6-13-27)33(47(34)36)26-10-3-1-4-11-26/h1-21,32-36,48H,22-25H2,(H,44,51). The molecular weight excluding hydrogens is 656 g/mol. The number of esters is 1. The third-order valence-corrected chi connectivity index (χ3v) is 11.1. The van der Waals surface area contributed by atoms with Crippen molar-refractivity contribution in [3.8, 4) is 5.75 Å². The number of rotatable bonds is 5. The van der Waals surface area contributed by atoms with E-state index >= 15 is 9.59 Å². The minimum atomic E-state index is -1.54. The Morgan fingerprint density at radius 1 is 0.731 bits per heavy atom. The first-order chi connectivity index (χ1) is 25.5. The summed E-state index contributed by atoms with van der Waals surface area (Å²) in [5.74, 6) is -1.71. The van der Waals surface area contributed by atoms with Gasteiger partial charge >= 0.3 is 5.97 Å². The molecule has 52 heavy (non-hydrogen) atoms. The van der Waals surface area contributed by atoms with E-state index in [-0.39, 0.29) is 17.6 Å². The zero-order valence-electron chi connectivity index (χ0n) is 28.2. The fourth-order valence-corrected chi connectivity index (χ4v) is 8.96. The highest BCUT2D eigenvalue weighted by Gasteiger charge is 2.74. The van der Waals surface area contributed by atoms with Gasteiger partial charge in [-0.2, -0.15) is 0 Å². The number of phenols is 1. The second-order valence-corrected chi connectivity index (χ2v) is 13.7. The zero-order valence-corrected chi connectivity index (χ0v) is 28.2. The molecule has 11 nitrogen and oxygen atoms in total. The predicted molar refractivity (Wildman–Crippen MR) is 192 cm³/mol. The van der Waals surface area contributed by atoms with Gasteiger partial charge in [-0.05, 0) is 46.5 Å². The monoisotopic (exact) mass is 692 g/mol. The predicted octanol–water partition coefficient (Wildman–Crippen LogP) is 4.80. The number of aromatic hydroxyl groups is 1. The molecule has 5 aromatic rings. The van der Waals surface area contributed by atoms with Crippen molar-refractivity contribution in [3.05, 3.63) is 150 Å². The van der Waals surface area contributed by atoms with Gasteiger partial charge in [0, 0.05) is 44.3 Å². The topological polar surface area (TPSA) is 128 Å². The molecule has 0 aliphatic carbocycles. The van der Waals surface area contributed by atoms with Gasteiger partial charge in [-0.15, -0.1) is 0 Å². The van der Waals surface area contributed by atoms with Gasteiger partial charge in [-0.3, -0.25) is 19.3 Å². The highest BCUT2D eigenvalue weighted by atomic mass is 16.6. The molecule has 9 rings (SSSR count). The number of ether oxygens (including phenoxy) is 1. The molecule has 1 spiro atoms. The lowest BCUT2D eigenvalue weighted by molar-refractivity contribution is -0.179. The Labute approximate surface area is 300 Å². The van der Waals surface area contributed by atoms with Crippen molar-refractivity contribution in [2.75, 3.05) is 36.4 Å². The number of hydrogen-bond acceptors (Lipinski definition) is 9. The van der Waals surface area contributed by atoms with Crippen LogP contribution in [-0.4, -0.2) is 74.9 Å². The Hall–Kier alpha value is -6.07. The number of phenolic OH excluding ortho intramolecular Hbond substituents is 1. The normalized spacial score (nSPS) is 26.8. The van der Waals surface area contributed by atoms with Gasteiger partial charge in [-0.25, -0.2) is 9.97 Å². The maximum absolute atomic E-state index is 15.4. The highest BCUT2D eigenvalue weighted by molar-refractivity contribution is 6.12. The van der Waals surface area contributed by atoms with Gasteiger partial charge in [0.1, 0.15) is 23.3 Å². The van der Waals surface area contributed by atoms with Crippen LogP contribution >= 0.6 is 0 Å². The lowest BCUT2D eigenvalue weighted by atomic mass is 9.65. The molecule has 260 valence electrons. The number of para-hydroxylation sites is 1.